The van der Waals surface area contributed by atoms with Gasteiger partial charge in [0, 0.05) is 11.8 Å². The van der Waals surface area contributed by atoms with Gasteiger partial charge >= 0.3 is 5.97 Å². The van der Waals surface area contributed by atoms with Crippen molar-refractivity contribution >= 4 is 17.7 Å². The molecule has 0 spiro atoms. The first-order valence-corrected chi connectivity index (χ1v) is 8.77. The minimum Gasteiger partial charge on any atom is -0.465 e. The average molecular weight is 309 g/mol. The van der Waals surface area contributed by atoms with Crippen molar-refractivity contribution in [2.45, 2.75) is 40.2 Å². The highest BCUT2D eigenvalue weighted by Gasteiger charge is 2.14. The molecular weight excluding hydrogens is 282 g/mol. The lowest BCUT2D eigenvalue weighted by Gasteiger charge is -2.21. The number of nitrogens with one attached hydrogen (secondary N) is 1. The molecule has 1 rings (SSSR count). The molecule has 0 heterocycles. The number of rotatable bonds is 9. The summed E-state index contributed by atoms with van der Waals surface area (Å²) < 4.78 is 4.97. The summed E-state index contributed by atoms with van der Waals surface area (Å²) in [6.45, 7) is 9.70. The fourth-order valence-electron chi connectivity index (χ4n) is 2.18. The van der Waals surface area contributed by atoms with Gasteiger partial charge < -0.3 is 10.1 Å². The molecule has 3 nitrogen and oxygen atoms in total. The van der Waals surface area contributed by atoms with E-state index in [9.17, 15) is 4.79 Å². The molecule has 1 N–H and O–H groups in total. The second-order valence-corrected chi connectivity index (χ2v) is 6.22. The zero-order valence-electron chi connectivity index (χ0n) is 13.6. The summed E-state index contributed by atoms with van der Waals surface area (Å²) in [5.74, 6) is 1.17. The average Bonchev–Trinajstić information content (AvgIpc) is 2.45. The minimum atomic E-state index is -0.127. The van der Waals surface area contributed by atoms with Gasteiger partial charge in [-0.05, 0) is 44.9 Å². The Balaban J connectivity index is 2.67. The van der Waals surface area contributed by atoms with Gasteiger partial charge in [0.1, 0.15) is 0 Å². The van der Waals surface area contributed by atoms with Gasteiger partial charge in [-0.25, -0.2) is 0 Å². The molecule has 0 saturated heterocycles. The number of aryl methyl sites for hydroxylation is 2. The monoisotopic (exact) mass is 309 g/mol. The van der Waals surface area contributed by atoms with E-state index in [0.29, 0.717) is 12.4 Å². The third-order valence-corrected chi connectivity index (χ3v) is 4.27. The molecule has 21 heavy (non-hydrogen) atoms. The Morgan fingerprint density at radius 3 is 2.76 bits per heavy atom. The van der Waals surface area contributed by atoms with E-state index >= 15 is 0 Å². The van der Waals surface area contributed by atoms with Crippen LogP contribution in [0.4, 0.5) is 0 Å². The van der Waals surface area contributed by atoms with Crippen molar-refractivity contribution in [2.75, 3.05) is 24.7 Å². The predicted molar refractivity (Wildman–Crippen MR) is 90.9 cm³/mol. The zero-order valence-corrected chi connectivity index (χ0v) is 14.4. The summed E-state index contributed by atoms with van der Waals surface area (Å²) in [5, 5.41) is 3.59. The van der Waals surface area contributed by atoms with Crippen molar-refractivity contribution in [3.8, 4) is 0 Å². The lowest BCUT2D eigenvalue weighted by molar-refractivity contribution is -0.139. The molecule has 0 saturated carbocycles. The van der Waals surface area contributed by atoms with Gasteiger partial charge in [-0.2, -0.15) is 0 Å². The third kappa shape index (κ3) is 6.53. The lowest BCUT2D eigenvalue weighted by atomic mass is 10.00. The SMILES string of the molecule is CCCNC(CSCC(=O)OCC)c1cc(C)ccc1C. The Morgan fingerprint density at radius 1 is 1.33 bits per heavy atom. The highest BCUT2D eigenvalue weighted by molar-refractivity contribution is 7.99. The topological polar surface area (TPSA) is 38.3 Å². The zero-order chi connectivity index (χ0) is 15.7. The molecule has 0 radical (unpaired) electrons. The molecule has 1 aromatic carbocycles. The minimum absolute atomic E-state index is 0.127. The fraction of sp³-hybridized carbons (Fsp3) is 0.588. The van der Waals surface area contributed by atoms with Crippen LogP contribution < -0.4 is 5.32 Å². The number of thioether (sulfide) groups is 1. The Labute approximate surface area is 132 Å². The van der Waals surface area contributed by atoms with E-state index in [2.05, 4.69) is 44.3 Å². The van der Waals surface area contributed by atoms with Crippen LogP contribution in [0.3, 0.4) is 0 Å². The molecule has 1 unspecified atom stereocenters. The quantitative estimate of drug-likeness (QED) is 0.707. The van der Waals surface area contributed by atoms with E-state index in [1.807, 2.05) is 6.92 Å². The number of carbonyl (C=O) groups excluding carboxylic acids is 1. The maximum atomic E-state index is 11.4. The van der Waals surface area contributed by atoms with Gasteiger partial charge in [-0.3, -0.25) is 4.79 Å². The summed E-state index contributed by atoms with van der Waals surface area (Å²) >= 11 is 1.63. The van der Waals surface area contributed by atoms with E-state index in [4.69, 9.17) is 4.74 Å². The molecular formula is C17H27NO2S. The highest BCUT2D eigenvalue weighted by atomic mass is 32.2. The van der Waals surface area contributed by atoms with Crippen LogP contribution in [0.1, 0.15) is 43.0 Å². The highest BCUT2D eigenvalue weighted by Crippen LogP contribution is 2.23. The first kappa shape index (κ1) is 18.1. The standard InChI is InChI=1S/C17H27NO2S/c1-5-9-18-16(11-21-12-17(19)20-6-2)15-10-13(3)7-8-14(15)4/h7-8,10,16,18H,5-6,9,11-12H2,1-4H3. The van der Waals surface area contributed by atoms with Crippen molar-refractivity contribution in [1.82, 2.24) is 5.32 Å². The maximum Gasteiger partial charge on any atom is 0.315 e. The normalized spacial score (nSPS) is 12.2. The summed E-state index contributed by atoms with van der Waals surface area (Å²) in [4.78, 5) is 11.4. The predicted octanol–water partition coefficient (Wildman–Crippen LogP) is 3.64. The Kier molecular flexibility index (Phi) is 8.47. The molecule has 0 aliphatic carbocycles. The number of hydrogen-bond donors (Lipinski definition) is 1. The molecule has 0 bridgehead atoms. The smallest absolute Gasteiger partial charge is 0.315 e. The molecule has 118 valence electrons. The summed E-state index contributed by atoms with van der Waals surface area (Å²) in [6, 6.07) is 6.83. The van der Waals surface area contributed by atoms with E-state index in [-0.39, 0.29) is 12.0 Å². The van der Waals surface area contributed by atoms with Crippen molar-refractivity contribution in [1.29, 1.82) is 0 Å². The number of hydrogen-bond acceptors (Lipinski definition) is 4. The number of carbonyl (C=O) groups is 1. The third-order valence-electron chi connectivity index (χ3n) is 3.26. The molecule has 0 amide bonds. The van der Waals surface area contributed by atoms with Gasteiger partial charge in [0.2, 0.25) is 0 Å². The molecule has 1 atom stereocenters. The molecule has 0 aliphatic heterocycles. The second-order valence-electron chi connectivity index (χ2n) is 5.19. The fourth-order valence-corrected chi connectivity index (χ4v) is 3.08. The summed E-state index contributed by atoms with van der Waals surface area (Å²) in [5.41, 5.74) is 3.90. The van der Waals surface area contributed by atoms with Crippen LogP contribution in [0.5, 0.6) is 0 Å². The van der Waals surface area contributed by atoms with Gasteiger partial charge in [0.15, 0.2) is 0 Å². The lowest BCUT2D eigenvalue weighted by Crippen LogP contribution is -2.25. The van der Waals surface area contributed by atoms with Gasteiger partial charge in [-0.1, -0.05) is 30.7 Å². The van der Waals surface area contributed by atoms with Crippen LogP contribution in [-0.4, -0.2) is 30.6 Å². The van der Waals surface area contributed by atoms with Crippen molar-refractivity contribution in [3.05, 3.63) is 34.9 Å². The van der Waals surface area contributed by atoms with E-state index in [1.54, 1.807) is 11.8 Å². The van der Waals surface area contributed by atoms with Crippen LogP contribution >= 0.6 is 11.8 Å². The van der Waals surface area contributed by atoms with Crippen molar-refractivity contribution in [2.24, 2.45) is 0 Å². The maximum absolute atomic E-state index is 11.4. The Bertz CT molecular complexity index is 448. The number of ether oxygens (including phenoxy) is 1. The molecule has 0 aromatic heterocycles. The Morgan fingerprint density at radius 2 is 2.10 bits per heavy atom. The summed E-state index contributed by atoms with van der Waals surface area (Å²) in [7, 11) is 0. The Hall–Kier alpha value is -1.00. The second kappa shape index (κ2) is 9.85. The largest absolute Gasteiger partial charge is 0.465 e. The first-order chi connectivity index (χ1) is 10.1. The van der Waals surface area contributed by atoms with Crippen molar-refractivity contribution < 1.29 is 9.53 Å². The summed E-state index contributed by atoms with van der Waals surface area (Å²) in [6.07, 6.45) is 1.10. The molecule has 1 aromatic rings. The van der Waals surface area contributed by atoms with Gasteiger partial charge in [0.25, 0.3) is 0 Å². The van der Waals surface area contributed by atoms with Crippen molar-refractivity contribution in [3.63, 3.8) is 0 Å². The van der Waals surface area contributed by atoms with E-state index in [1.165, 1.54) is 16.7 Å². The first-order valence-electron chi connectivity index (χ1n) is 7.62. The molecule has 0 fully saturated rings. The van der Waals surface area contributed by atoms with Crippen LogP contribution in [0, 0.1) is 13.8 Å². The number of benzene rings is 1. The number of esters is 1. The van der Waals surface area contributed by atoms with Crippen LogP contribution in [0.25, 0.3) is 0 Å². The van der Waals surface area contributed by atoms with E-state index in [0.717, 1.165) is 18.7 Å². The van der Waals surface area contributed by atoms with Crippen LogP contribution in [0.15, 0.2) is 18.2 Å². The van der Waals surface area contributed by atoms with Gasteiger partial charge in [0.05, 0.1) is 12.4 Å². The molecule has 4 heteroatoms. The van der Waals surface area contributed by atoms with Crippen LogP contribution in [0.2, 0.25) is 0 Å². The van der Waals surface area contributed by atoms with E-state index < -0.39 is 0 Å². The van der Waals surface area contributed by atoms with Gasteiger partial charge in [-0.15, -0.1) is 11.8 Å². The molecule has 0 aliphatic rings. The van der Waals surface area contributed by atoms with Crippen LogP contribution in [-0.2, 0) is 9.53 Å².